The van der Waals surface area contributed by atoms with Crippen LogP contribution in [0.5, 0.6) is 0 Å². The Kier molecular flexibility index (Phi) is 5.49. The van der Waals surface area contributed by atoms with Crippen molar-refractivity contribution in [3.05, 3.63) is 82.3 Å². The predicted octanol–water partition coefficient (Wildman–Crippen LogP) is 5.93. The summed E-state index contributed by atoms with van der Waals surface area (Å²) in [5, 5.41) is 6.81. The maximum atomic E-state index is 12.2. The van der Waals surface area contributed by atoms with Crippen molar-refractivity contribution in [1.82, 2.24) is 10.3 Å². The summed E-state index contributed by atoms with van der Waals surface area (Å²) in [6, 6.07) is 19.2. The van der Waals surface area contributed by atoms with Crippen molar-refractivity contribution in [2.45, 2.75) is 0 Å². The first-order chi connectivity index (χ1) is 14.0. The fourth-order valence-corrected chi connectivity index (χ4v) is 3.29. The average molecular weight is 442 g/mol. The molecule has 0 aliphatic carbocycles. The third kappa shape index (κ3) is 4.40. The number of nitrogens with one attached hydrogen (secondary N) is 2. The Morgan fingerprint density at radius 3 is 2.59 bits per heavy atom. The number of rotatable bonds is 3. The molecule has 2 N–H and O–H groups in total. The van der Waals surface area contributed by atoms with Gasteiger partial charge in [0.2, 0.25) is 5.89 Å². The van der Waals surface area contributed by atoms with E-state index >= 15 is 0 Å². The summed E-state index contributed by atoms with van der Waals surface area (Å²) in [5.74, 6) is 0.0586. The van der Waals surface area contributed by atoms with E-state index in [0.29, 0.717) is 43.9 Å². The summed E-state index contributed by atoms with van der Waals surface area (Å²) < 4.78 is 5.79. The minimum Gasteiger partial charge on any atom is -0.436 e. The number of fused-ring (bicyclic) bond motifs is 1. The summed E-state index contributed by atoms with van der Waals surface area (Å²) in [4.78, 5) is 16.7. The van der Waals surface area contributed by atoms with Crippen LogP contribution in [-0.4, -0.2) is 16.0 Å². The topological polar surface area (TPSA) is 67.2 Å². The lowest BCUT2D eigenvalue weighted by Crippen LogP contribution is -2.34. The van der Waals surface area contributed by atoms with Crippen molar-refractivity contribution in [3.8, 4) is 11.5 Å². The number of amides is 1. The first-order valence-electron chi connectivity index (χ1n) is 8.53. The zero-order valence-electron chi connectivity index (χ0n) is 14.8. The van der Waals surface area contributed by atoms with E-state index in [4.69, 9.17) is 39.8 Å². The van der Waals surface area contributed by atoms with Crippen LogP contribution in [0.15, 0.2) is 71.1 Å². The van der Waals surface area contributed by atoms with Crippen LogP contribution in [0.25, 0.3) is 22.6 Å². The number of nitrogens with zero attached hydrogens (tertiary/aromatic N) is 1. The van der Waals surface area contributed by atoms with E-state index in [1.165, 1.54) is 0 Å². The molecule has 0 radical (unpaired) electrons. The van der Waals surface area contributed by atoms with Gasteiger partial charge in [-0.3, -0.25) is 10.1 Å². The van der Waals surface area contributed by atoms with Crippen LogP contribution in [0.4, 0.5) is 5.69 Å². The van der Waals surface area contributed by atoms with E-state index in [9.17, 15) is 4.79 Å². The first-order valence-corrected chi connectivity index (χ1v) is 9.69. The molecule has 8 heteroatoms. The third-order valence-corrected chi connectivity index (χ3v) is 4.84. The highest BCUT2D eigenvalue weighted by Crippen LogP contribution is 2.33. The molecule has 0 spiro atoms. The predicted molar refractivity (Wildman–Crippen MR) is 120 cm³/mol. The average Bonchev–Trinajstić information content (AvgIpc) is 3.13. The van der Waals surface area contributed by atoms with Crippen molar-refractivity contribution >= 4 is 63.2 Å². The molecular formula is C21H13Cl2N3O2S. The Hall–Kier alpha value is -2.93. The van der Waals surface area contributed by atoms with E-state index in [1.807, 2.05) is 6.07 Å². The maximum Gasteiger partial charge on any atom is 0.257 e. The van der Waals surface area contributed by atoms with Crippen LogP contribution in [0.1, 0.15) is 10.4 Å². The Bertz CT molecular complexity index is 1230. The summed E-state index contributed by atoms with van der Waals surface area (Å²) in [5.41, 5.74) is 2.96. The van der Waals surface area contributed by atoms with Gasteiger partial charge in [0.05, 0.1) is 10.6 Å². The Morgan fingerprint density at radius 2 is 1.79 bits per heavy atom. The number of oxazole rings is 1. The molecule has 0 unspecified atom stereocenters. The van der Waals surface area contributed by atoms with Crippen LogP contribution in [0, 0.1) is 0 Å². The second kappa shape index (κ2) is 8.21. The van der Waals surface area contributed by atoms with E-state index in [-0.39, 0.29) is 11.0 Å². The van der Waals surface area contributed by atoms with Crippen molar-refractivity contribution in [3.63, 3.8) is 0 Å². The summed E-state index contributed by atoms with van der Waals surface area (Å²) in [6.45, 7) is 0. The highest BCUT2D eigenvalue weighted by Gasteiger charge is 2.14. The molecule has 3 aromatic carbocycles. The lowest BCUT2D eigenvalue weighted by atomic mass is 10.2. The minimum atomic E-state index is -0.298. The fraction of sp³-hybridized carbons (Fsp3) is 0. The van der Waals surface area contributed by atoms with Gasteiger partial charge in [-0.25, -0.2) is 4.98 Å². The van der Waals surface area contributed by atoms with E-state index in [1.54, 1.807) is 60.7 Å². The highest BCUT2D eigenvalue weighted by molar-refractivity contribution is 7.80. The molecular weight excluding hydrogens is 429 g/mol. The molecule has 4 rings (SSSR count). The SMILES string of the molecule is O=C(NC(=S)Nc1ccc(Cl)c(-c2nc3cc(Cl)ccc3o2)c1)c1ccccc1. The van der Waals surface area contributed by atoms with Crippen molar-refractivity contribution in [2.24, 2.45) is 0 Å². The number of thiocarbonyl (C=S) groups is 1. The van der Waals surface area contributed by atoms with Gasteiger partial charge in [-0.1, -0.05) is 41.4 Å². The molecule has 4 aromatic rings. The standard InChI is InChI=1S/C21H13Cl2N3O2S/c22-13-6-9-18-17(10-13)25-20(28-18)15-11-14(7-8-16(15)23)24-21(29)26-19(27)12-4-2-1-3-5-12/h1-11H,(H2,24,26,27,29). The smallest absolute Gasteiger partial charge is 0.257 e. The van der Waals surface area contributed by atoms with Gasteiger partial charge in [-0.2, -0.15) is 0 Å². The van der Waals surface area contributed by atoms with Crippen molar-refractivity contribution < 1.29 is 9.21 Å². The second-order valence-electron chi connectivity index (χ2n) is 6.10. The molecule has 144 valence electrons. The number of hydrogen-bond acceptors (Lipinski definition) is 4. The van der Waals surface area contributed by atoms with Gasteiger partial charge in [0, 0.05) is 16.3 Å². The molecule has 0 bridgehead atoms. The number of halogens is 2. The van der Waals surface area contributed by atoms with Crippen molar-refractivity contribution in [1.29, 1.82) is 0 Å². The Labute approximate surface area is 181 Å². The van der Waals surface area contributed by atoms with Gasteiger partial charge >= 0.3 is 0 Å². The molecule has 0 aliphatic heterocycles. The summed E-state index contributed by atoms with van der Waals surface area (Å²) >= 11 is 17.6. The van der Waals surface area contributed by atoms with E-state index < -0.39 is 0 Å². The zero-order chi connectivity index (χ0) is 20.4. The molecule has 1 amide bonds. The van der Waals surface area contributed by atoms with Gasteiger partial charge in [0.25, 0.3) is 5.91 Å². The van der Waals surface area contributed by atoms with Gasteiger partial charge in [0.1, 0.15) is 5.52 Å². The highest BCUT2D eigenvalue weighted by atomic mass is 35.5. The van der Waals surface area contributed by atoms with Gasteiger partial charge in [0.15, 0.2) is 10.7 Å². The fourth-order valence-electron chi connectivity index (χ4n) is 2.71. The number of benzene rings is 3. The zero-order valence-corrected chi connectivity index (χ0v) is 17.1. The normalized spacial score (nSPS) is 10.7. The van der Waals surface area contributed by atoms with Crippen LogP contribution in [0.2, 0.25) is 10.0 Å². The molecule has 0 saturated heterocycles. The van der Waals surface area contributed by atoms with E-state index in [0.717, 1.165) is 0 Å². The molecule has 0 saturated carbocycles. The first kappa shape index (κ1) is 19.4. The lowest BCUT2D eigenvalue weighted by molar-refractivity contribution is 0.0977. The van der Waals surface area contributed by atoms with Crippen LogP contribution in [0.3, 0.4) is 0 Å². The number of carbonyl (C=O) groups is 1. The molecule has 5 nitrogen and oxygen atoms in total. The Balaban J connectivity index is 1.54. The number of anilines is 1. The quantitative estimate of drug-likeness (QED) is 0.385. The van der Waals surface area contributed by atoms with Gasteiger partial charge in [-0.15, -0.1) is 0 Å². The minimum absolute atomic E-state index is 0.163. The second-order valence-corrected chi connectivity index (χ2v) is 7.35. The largest absolute Gasteiger partial charge is 0.436 e. The van der Waals surface area contributed by atoms with E-state index in [2.05, 4.69) is 15.6 Å². The van der Waals surface area contributed by atoms with Crippen LogP contribution < -0.4 is 10.6 Å². The van der Waals surface area contributed by atoms with Crippen LogP contribution in [-0.2, 0) is 0 Å². The molecule has 1 aromatic heterocycles. The van der Waals surface area contributed by atoms with Gasteiger partial charge < -0.3 is 9.73 Å². The maximum absolute atomic E-state index is 12.2. The number of hydrogen-bond donors (Lipinski definition) is 2. The molecule has 0 fully saturated rings. The molecule has 29 heavy (non-hydrogen) atoms. The van der Waals surface area contributed by atoms with Crippen LogP contribution >= 0.6 is 35.4 Å². The molecule has 1 heterocycles. The lowest BCUT2D eigenvalue weighted by Gasteiger charge is -2.11. The summed E-state index contributed by atoms with van der Waals surface area (Å²) in [7, 11) is 0. The number of aromatic nitrogens is 1. The van der Waals surface area contributed by atoms with Gasteiger partial charge in [-0.05, 0) is 60.7 Å². The Morgan fingerprint density at radius 1 is 1.00 bits per heavy atom. The summed E-state index contributed by atoms with van der Waals surface area (Å²) in [6.07, 6.45) is 0. The third-order valence-electron chi connectivity index (χ3n) is 4.07. The molecule has 0 aliphatic rings. The monoisotopic (exact) mass is 441 g/mol. The van der Waals surface area contributed by atoms with Crippen molar-refractivity contribution in [2.75, 3.05) is 5.32 Å². The number of carbonyl (C=O) groups excluding carboxylic acids is 1. The molecule has 0 atom stereocenters.